The Hall–Kier alpha value is -0.680. The average Bonchev–Trinajstić information content (AvgIpc) is 2.77. The van der Waals surface area contributed by atoms with Crippen LogP contribution in [0.25, 0.3) is 0 Å². The molecule has 1 unspecified atom stereocenters. The molecule has 1 atom stereocenters. The van der Waals surface area contributed by atoms with Crippen LogP contribution in [0.4, 0.5) is 0 Å². The summed E-state index contributed by atoms with van der Waals surface area (Å²) >= 11 is 11.3. The Morgan fingerprint density at radius 3 is 2.85 bits per heavy atom. The summed E-state index contributed by atoms with van der Waals surface area (Å²) in [5.74, 6) is 0. The smallest absolute Gasteiger partial charge is 0.104 e. The van der Waals surface area contributed by atoms with E-state index in [1.54, 1.807) is 0 Å². The number of rotatable bonds is 5. The van der Waals surface area contributed by atoms with Crippen molar-refractivity contribution in [2.24, 2.45) is 5.73 Å². The van der Waals surface area contributed by atoms with Crippen LogP contribution in [0.3, 0.4) is 0 Å². The van der Waals surface area contributed by atoms with E-state index in [9.17, 15) is 0 Å². The molecule has 1 fully saturated rings. The van der Waals surface area contributed by atoms with Gasteiger partial charge in [0.05, 0.1) is 0 Å². The van der Waals surface area contributed by atoms with Crippen molar-refractivity contribution in [2.45, 2.75) is 25.4 Å². The molecule has 1 aliphatic heterocycles. The molecule has 5 heteroatoms. The van der Waals surface area contributed by atoms with Crippen LogP contribution < -0.4 is 5.73 Å². The average molecular weight is 312 g/mol. The molecular formula is C15H22ClN3S. The highest BCUT2D eigenvalue weighted by molar-refractivity contribution is 7.80. The second-order valence-electron chi connectivity index (χ2n) is 5.64. The first-order valence-electron chi connectivity index (χ1n) is 6.94. The first-order chi connectivity index (χ1) is 9.47. The van der Waals surface area contributed by atoms with Gasteiger partial charge in [-0.05, 0) is 45.1 Å². The number of nitrogens with zero attached hydrogens (tertiary/aromatic N) is 2. The summed E-state index contributed by atoms with van der Waals surface area (Å²) in [6.45, 7) is 3.13. The minimum atomic E-state index is 0.388. The monoisotopic (exact) mass is 311 g/mol. The second-order valence-corrected chi connectivity index (χ2v) is 6.49. The number of benzene rings is 1. The van der Waals surface area contributed by atoms with Crippen molar-refractivity contribution in [1.29, 1.82) is 0 Å². The van der Waals surface area contributed by atoms with Gasteiger partial charge in [0.15, 0.2) is 0 Å². The Morgan fingerprint density at radius 2 is 2.30 bits per heavy atom. The van der Waals surface area contributed by atoms with E-state index < -0.39 is 0 Å². The van der Waals surface area contributed by atoms with E-state index in [1.165, 1.54) is 19.4 Å². The van der Waals surface area contributed by atoms with Crippen molar-refractivity contribution in [3.63, 3.8) is 0 Å². The molecular weight excluding hydrogens is 290 g/mol. The second kappa shape index (κ2) is 6.85. The maximum atomic E-state index is 6.31. The van der Waals surface area contributed by atoms with Crippen LogP contribution in [0.15, 0.2) is 18.2 Å². The molecule has 1 aliphatic rings. The van der Waals surface area contributed by atoms with Crippen molar-refractivity contribution in [1.82, 2.24) is 9.80 Å². The minimum absolute atomic E-state index is 0.388. The summed E-state index contributed by atoms with van der Waals surface area (Å²) in [4.78, 5) is 5.15. The van der Waals surface area contributed by atoms with E-state index in [0.29, 0.717) is 11.0 Å². The lowest BCUT2D eigenvalue weighted by Crippen LogP contribution is -2.36. The van der Waals surface area contributed by atoms with Gasteiger partial charge in [0.1, 0.15) is 4.99 Å². The number of hydrogen-bond donors (Lipinski definition) is 1. The van der Waals surface area contributed by atoms with Gasteiger partial charge in [-0.1, -0.05) is 36.0 Å². The molecule has 1 saturated heterocycles. The molecule has 3 nitrogen and oxygen atoms in total. The first kappa shape index (κ1) is 15.7. The zero-order valence-electron chi connectivity index (χ0n) is 12.1. The Morgan fingerprint density at radius 1 is 1.55 bits per heavy atom. The molecule has 1 aromatic carbocycles. The molecule has 2 N–H and O–H groups in total. The Labute approximate surface area is 131 Å². The summed E-state index contributed by atoms with van der Waals surface area (Å²) in [5, 5.41) is 0.738. The third kappa shape index (κ3) is 3.92. The molecule has 0 amide bonds. The molecule has 1 aromatic rings. The fourth-order valence-electron chi connectivity index (χ4n) is 2.75. The number of likely N-dealkylation sites (tertiary alicyclic amines) is 1. The lowest BCUT2D eigenvalue weighted by atomic mass is 10.1. The highest BCUT2D eigenvalue weighted by Crippen LogP contribution is 2.21. The molecule has 20 heavy (non-hydrogen) atoms. The van der Waals surface area contributed by atoms with Gasteiger partial charge in [0.2, 0.25) is 0 Å². The van der Waals surface area contributed by atoms with Gasteiger partial charge in [-0.15, -0.1) is 0 Å². The molecule has 1 heterocycles. The minimum Gasteiger partial charge on any atom is -0.389 e. The fourth-order valence-corrected chi connectivity index (χ4v) is 3.12. The van der Waals surface area contributed by atoms with Crippen molar-refractivity contribution in [2.75, 3.05) is 27.2 Å². The summed E-state index contributed by atoms with van der Waals surface area (Å²) < 4.78 is 0. The number of nitrogens with two attached hydrogens (primary N) is 1. The molecule has 0 saturated carbocycles. The van der Waals surface area contributed by atoms with E-state index in [1.807, 2.05) is 18.2 Å². The topological polar surface area (TPSA) is 32.5 Å². The van der Waals surface area contributed by atoms with Crippen molar-refractivity contribution >= 4 is 28.8 Å². The summed E-state index contributed by atoms with van der Waals surface area (Å²) in [6, 6.07) is 6.48. The zero-order valence-corrected chi connectivity index (χ0v) is 13.7. The standard InChI is InChI=1S/C15H22ClN3S/c1-18(10-13-4-3-7-19(13)2)9-12-6-5-11(15(17)20)8-14(12)16/h5-6,8,13H,3-4,7,9-10H2,1-2H3,(H2,17,20). The third-order valence-corrected chi connectivity index (χ3v) is 4.56. The highest BCUT2D eigenvalue weighted by atomic mass is 35.5. The summed E-state index contributed by atoms with van der Waals surface area (Å²) in [7, 11) is 4.35. The number of halogens is 1. The molecule has 0 aromatic heterocycles. The van der Waals surface area contributed by atoms with Gasteiger partial charge in [0, 0.05) is 29.7 Å². The molecule has 110 valence electrons. The van der Waals surface area contributed by atoms with Gasteiger partial charge in [-0.2, -0.15) is 0 Å². The van der Waals surface area contributed by atoms with Gasteiger partial charge >= 0.3 is 0 Å². The lowest BCUT2D eigenvalue weighted by Gasteiger charge is -2.26. The maximum absolute atomic E-state index is 6.31. The lowest BCUT2D eigenvalue weighted by molar-refractivity contribution is 0.215. The van der Waals surface area contributed by atoms with Crippen LogP contribution in [-0.4, -0.2) is 48.0 Å². The van der Waals surface area contributed by atoms with E-state index >= 15 is 0 Å². The van der Waals surface area contributed by atoms with Gasteiger partial charge in [-0.3, -0.25) is 0 Å². The van der Waals surface area contributed by atoms with Crippen molar-refractivity contribution in [3.05, 3.63) is 34.3 Å². The van der Waals surface area contributed by atoms with E-state index in [0.717, 1.165) is 29.2 Å². The van der Waals surface area contributed by atoms with Crippen LogP contribution in [0.2, 0.25) is 5.02 Å². The van der Waals surface area contributed by atoms with Gasteiger partial charge in [-0.25, -0.2) is 0 Å². The van der Waals surface area contributed by atoms with E-state index in [2.05, 4.69) is 23.9 Å². The zero-order chi connectivity index (χ0) is 14.7. The van der Waals surface area contributed by atoms with Crippen LogP contribution in [-0.2, 0) is 6.54 Å². The van der Waals surface area contributed by atoms with E-state index in [4.69, 9.17) is 29.6 Å². The number of likely N-dealkylation sites (N-methyl/N-ethyl adjacent to an activating group) is 2. The van der Waals surface area contributed by atoms with Crippen LogP contribution >= 0.6 is 23.8 Å². The normalized spacial score (nSPS) is 19.7. The number of hydrogen-bond acceptors (Lipinski definition) is 3. The SMILES string of the molecule is CN(Cc1ccc(C(N)=S)cc1Cl)CC1CCCN1C. The van der Waals surface area contributed by atoms with Crippen LogP contribution in [0, 0.1) is 0 Å². The maximum Gasteiger partial charge on any atom is 0.104 e. The molecule has 2 rings (SSSR count). The molecule has 0 aliphatic carbocycles. The van der Waals surface area contributed by atoms with E-state index in [-0.39, 0.29) is 0 Å². The highest BCUT2D eigenvalue weighted by Gasteiger charge is 2.22. The molecule has 0 spiro atoms. The first-order valence-corrected chi connectivity index (χ1v) is 7.73. The number of thiocarbonyl (C=S) groups is 1. The van der Waals surface area contributed by atoms with Gasteiger partial charge in [0.25, 0.3) is 0 Å². The fraction of sp³-hybridized carbons (Fsp3) is 0.533. The van der Waals surface area contributed by atoms with Crippen LogP contribution in [0.1, 0.15) is 24.0 Å². The van der Waals surface area contributed by atoms with Crippen molar-refractivity contribution in [3.8, 4) is 0 Å². The Kier molecular flexibility index (Phi) is 5.38. The predicted molar refractivity (Wildman–Crippen MR) is 89.3 cm³/mol. The molecule has 0 bridgehead atoms. The Balaban J connectivity index is 1.97. The van der Waals surface area contributed by atoms with Gasteiger partial charge < -0.3 is 15.5 Å². The molecule has 0 radical (unpaired) electrons. The Bertz CT molecular complexity index is 492. The van der Waals surface area contributed by atoms with Crippen molar-refractivity contribution < 1.29 is 0 Å². The summed E-state index contributed by atoms with van der Waals surface area (Å²) in [6.07, 6.45) is 2.59. The third-order valence-electron chi connectivity index (χ3n) is 3.97. The van der Waals surface area contributed by atoms with Crippen LogP contribution in [0.5, 0.6) is 0 Å². The largest absolute Gasteiger partial charge is 0.389 e. The quantitative estimate of drug-likeness (QED) is 0.847. The predicted octanol–water partition coefficient (Wildman–Crippen LogP) is 2.50. The summed E-state index contributed by atoms with van der Waals surface area (Å²) in [5.41, 5.74) is 7.56.